The van der Waals surface area contributed by atoms with E-state index >= 15 is 0 Å². The summed E-state index contributed by atoms with van der Waals surface area (Å²) in [5, 5.41) is 10.7. The van der Waals surface area contributed by atoms with Crippen LogP contribution in [0.5, 0.6) is 5.75 Å². The van der Waals surface area contributed by atoms with Gasteiger partial charge >= 0.3 is 11.6 Å². The molecule has 1 aliphatic heterocycles. The van der Waals surface area contributed by atoms with Crippen molar-refractivity contribution < 1.29 is 19.1 Å². The Kier molecular flexibility index (Phi) is 4.68. The van der Waals surface area contributed by atoms with E-state index in [2.05, 4.69) is 4.90 Å². The van der Waals surface area contributed by atoms with Gasteiger partial charge in [0, 0.05) is 29.6 Å². The molecule has 1 saturated heterocycles. The molecule has 27 heavy (non-hydrogen) atoms. The molecule has 1 N–H and O–H groups in total. The van der Waals surface area contributed by atoms with Crippen molar-refractivity contribution in [3.8, 4) is 5.75 Å². The minimum Gasteiger partial charge on any atom is -0.508 e. The van der Waals surface area contributed by atoms with Gasteiger partial charge in [-0.2, -0.15) is 0 Å². The highest BCUT2D eigenvalue weighted by molar-refractivity contribution is 5.85. The van der Waals surface area contributed by atoms with E-state index in [4.69, 9.17) is 9.15 Å². The van der Waals surface area contributed by atoms with Gasteiger partial charge in [0.05, 0.1) is 7.11 Å². The van der Waals surface area contributed by atoms with E-state index in [-0.39, 0.29) is 17.8 Å². The zero-order valence-corrected chi connectivity index (χ0v) is 15.7. The van der Waals surface area contributed by atoms with Crippen LogP contribution in [0.15, 0.2) is 27.4 Å². The number of nitrogens with zero attached hydrogens (tertiary/aromatic N) is 1. The van der Waals surface area contributed by atoms with Crippen molar-refractivity contribution in [3.63, 3.8) is 0 Å². The zero-order chi connectivity index (χ0) is 19.1. The first kappa shape index (κ1) is 18.0. The number of aromatic hydroxyl groups is 1. The van der Waals surface area contributed by atoms with E-state index < -0.39 is 5.63 Å². The number of hydrogen-bond acceptors (Lipinski definition) is 6. The van der Waals surface area contributed by atoms with Crippen LogP contribution in [0.4, 0.5) is 0 Å². The number of rotatable bonds is 3. The van der Waals surface area contributed by atoms with Crippen LogP contribution < -0.4 is 5.63 Å². The Bertz CT molecular complexity index is 934. The summed E-state index contributed by atoms with van der Waals surface area (Å²) in [6.07, 6.45) is 5.39. The van der Waals surface area contributed by atoms with Gasteiger partial charge in [0.25, 0.3) is 0 Å². The summed E-state index contributed by atoms with van der Waals surface area (Å²) in [7, 11) is 1.43. The average Bonchev–Trinajstić information content (AvgIpc) is 3.03. The molecule has 1 aromatic carbocycles. The van der Waals surface area contributed by atoms with Crippen LogP contribution in [0, 0.1) is 12.8 Å². The van der Waals surface area contributed by atoms with E-state index in [9.17, 15) is 14.7 Å². The highest BCUT2D eigenvalue weighted by atomic mass is 16.5. The third-order valence-corrected chi connectivity index (χ3v) is 6.27. The van der Waals surface area contributed by atoms with E-state index in [0.29, 0.717) is 29.7 Å². The molecule has 3 atom stereocenters. The maximum absolute atomic E-state index is 12.4. The molecule has 6 heteroatoms. The summed E-state index contributed by atoms with van der Waals surface area (Å²) in [6, 6.07) is 4.96. The number of phenols is 1. The standard InChI is InChI=1S/C21H25NO5/c1-12-18(23)8-7-15-14(10-19(24)27-20(12)15)11-22-16-6-4-3-5-13(16)9-17(22)21(25)26-2/h7-8,10,13,16-17,23H,3-6,9,11H2,1-2H3. The summed E-state index contributed by atoms with van der Waals surface area (Å²) in [5.74, 6) is 0.397. The monoisotopic (exact) mass is 371 g/mol. The fourth-order valence-electron chi connectivity index (χ4n) is 4.89. The number of aryl methyl sites for hydroxylation is 1. The molecule has 144 valence electrons. The number of likely N-dealkylation sites (tertiary alicyclic amines) is 1. The first-order valence-corrected chi connectivity index (χ1v) is 9.58. The number of fused-ring (bicyclic) bond motifs is 2. The SMILES string of the molecule is COC(=O)C1CC2CCCCC2N1Cc1cc(=O)oc2c(C)c(O)ccc12. The predicted octanol–water partition coefficient (Wildman–Crippen LogP) is 3.11. The summed E-state index contributed by atoms with van der Waals surface area (Å²) in [5.41, 5.74) is 1.34. The highest BCUT2D eigenvalue weighted by Crippen LogP contribution is 2.41. The summed E-state index contributed by atoms with van der Waals surface area (Å²) in [6.45, 7) is 2.22. The molecule has 0 spiro atoms. The first-order valence-electron chi connectivity index (χ1n) is 9.58. The minimum absolute atomic E-state index is 0.101. The Hall–Kier alpha value is -2.34. The number of esters is 1. The quantitative estimate of drug-likeness (QED) is 0.660. The fraction of sp³-hybridized carbons (Fsp3) is 0.524. The lowest BCUT2D eigenvalue weighted by molar-refractivity contribution is -0.146. The lowest BCUT2D eigenvalue weighted by Crippen LogP contribution is -2.42. The van der Waals surface area contributed by atoms with Crippen LogP contribution in [-0.4, -0.2) is 35.2 Å². The maximum Gasteiger partial charge on any atom is 0.336 e. The van der Waals surface area contributed by atoms with Crippen LogP contribution in [0.25, 0.3) is 11.0 Å². The molecule has 2 aliphatic rings. The van der Waals surface area contributed by atoms with Gasteiger partial charge < -0.3 is 14.3 Å². The van der Waals surface area contributed by atoms with Gasteiger partial charge in [0.1, 0.15) is 17.4 Å². The normalized spacial score (nSPS) is 25.5. The van der Waals surface area contributed by atoms with Gasteiger partial charge in [-0.1, -0.05) is 12.8 Å². The van der Waals surface area contributed by atoms with Crippen molar-refractivity contribution in [1.82, 2.24) is 4.90 Å². The van der Waals surface area contributed by atoms with Crippen molar-refractivity contribution in [2.24, 2.45) is 5.92 Å². The predicted molar refractivity (Wildman–Crippen MR) is 101 cm³/mol. The highest BCUT2D eigenvalue weighted by Gasteiger charge is 2.45. The molecule has 0 radical (unpaired) electrons. The number of hydrogen-bond donors (Lipinski definition) is 1. The molecule has 0 bridgehead atoms. The number of carbonyl (C=O) groups is 1. The topological polar surface area (TPSA) is 80.0 Å². The maximum atomic E-state index is 12.4. The van der Waals surface area contributed by atoms with Crippen LogP contribution in [0.1, 0.15) is 43.2 Å². The minimum atomic E-state index is -0.444. The van der Waals surface area contributed by atoms with E-state index in [1.165, 1.54) is 19.6 Å². The van der Waals surface area contributed by atoms with Crippen molar-refractivity contribution in [1.29, 1.82) is 0 Å². The van der Waals surface area contributed by atoms with E-state index in [0.717, 1.165) is 36.6 Å². The molecular weight excluding hydrogens is 346 g/mol. The molecule has 1 saturated carbocycles. The largest absolute Gasteiger partial charge is 0.508 e. The fourth-order valence-corrected chi connectivity index (χ4v) is 4.89. The molecule has 1 aliphatic carbocycles. The summed E-state index contributed by atoms with van der Waals surface area (Å²) < 4.78 is 10.4. The molecular formula is C21H25NO5. The number of benzene rings is 1. The molecule has 1 aromatic heterocycles. The van der Waals surface area contributed by atoms with Gasteiger partial charge in [0.15, 0.2) is 0 Å². The second-order valence-corrected chi connectivity index (χ2v) is 7.74. The first-order chi connectivity index (χ1) is 13.0. The molecule has 2 heterocycles. The molecule has 0 amide bonds. The van der Waals surface area contributed by atoms with E-state index in [1.807, 2.05) is 0 Å². The molecule has 6 nitrogen and oxygen atoms in total. The van der Waals surface area contributed by atoms with Crippen LogP contribution in [0.3, 0.4) is 0 Å². The lowest BCUT2D eigenvalue weighted by Gasteiger charge is -2.33. The Balaban J connectivity index is 1.76. The summed E-state index contributed by atoms with van der Waals surface area (Å²) >= 11 is 0. The van der Waals surface area contributed by atoms with Crippen LogP contribution in [0.2, 0.25) is 0 Å². The average molecular weight is 371 g/mol. The molecule has 4 rings (SSSR count). The molecule has 2 fully saturated rings. The Morgan fingerprint density at radius 3 is 2.89 bits per heavy atom. The molecule has 2 aromatic rings. The number of phenolic OH excluding ortho intramolecular Hbond substituents is 1. The third kappa shape index (κ3) is 3.12. The van der Waals surface area contributed by atoms with Gasteiger partial charge in [-0.05, 0) is 49.8 Å². The van der Waals surface area contributed by atoms with Gasteiger partial charge in [-0.25, -0.2) is 4.79 Å². The van der Waals surface area contributed by atoms with E-state index in [1.54, 1.807) is 19.1 Å². The second kappa shape index (κ2) is 7.00. The van der Waals surface area contributed by atoms with Crippen molar-refractivity contribution in [3.05, 3.63) is 39.7 Å². The van der Waals surface area contributed by atoms with Crippen LogP contribution in [-0.2, 0) is 16.1 Å². The van der Waals surface area contributed by atoms with Gasteiger partial charge in [0.2, 0.25) is 0 Å². The Labute approximate surface area is 157 Å². The number of methoxy groups -OCH3 is 1. The summed E-state index contributed by atoms with van der Waals surface area (Å²) in [4.78, 5) is 26.8. The molecule has 3 unspecified atom stereocenters. The zero-order valence-electron chi connectivity index (χ0n) is 15.7. The van der Waals surface area contributed by atoms with Gasteiger partial charge in [-0.3, -0.25) is 9.69 Å². The number of ether oxygens (including phenoxy) is 1. The third-order valence-electron chi connectivity index (χ3n) is 6.27. The smallest absolute Gasteiger partial charge is 0.336 e. The number of carbonyl (C=O) groups excluding carboxylic acids is 1. The van der Waals surface area contributed by atoms with Gasteiger partial charge in [-0.15, -0.1) is 0 Å². The lowest BCUT2D eigenvalue weighted by atomic mass is 9.84. The second-order valence-electron chi connectivity index (χ2n) is 7.74. The Morgan fingerprint density at radius 1 is 1.33 bits per heavy atom. The van der Waals surface area contributed by atoms with Crippen molar-refractivity contribution in [2.45, 2.75) is 57.7 Å². The van der Waals surface area contributed by atoms with Crippen molar-refractivity contribution in [2.75, 3.05) is 7.11 Å². The van der Waals surface area contributed by atoms with Crippen molar-refractivity contribution >= 4 is 16.9 Å². The Morgan fingerprint density at radius 2 is 2.11 bits per heavy atom. The van der Waals surface area contributed by atoms with Crippen LogP contribution >= 0.6 is 0 Å².